The van der Waals surface area contributed by atoms with Crippen LogP contribution >= 0.6 is 0 Å². The summed E-state index contributed by atoms with van der Waals surface area (Å²) < 4.78 is 1.64. The molecule has 1 aliphatic carbocycles. The van der Waals surface area contributed by atoms with Gasteiger partial charge in [-0.15, -0.1) is 0 Å². The molecule has 1 heterocycles. The predicted octanol–water partition coefficient (Wildman–Crippen LogP) is 3.19. The van der Waals surface area contributed by atoms with Crippen LogP contribution in [-0.4, -0.2) is 28.3 Å². The van der Waals surface area contributed by atoms with Crippen LogP contribution in [0.15, 0.2) is 29.3 Å². The maximum atomic E-state index is 9.51. The molecule has 0 spiro atoms. The molecule has 0 atom stereocenters. The minimum absolute atomic E-state index is 0.379. The molecule has 1 aromatic heterocycles. The van der Waals surface area contributed by atoms with E-state index in [9.17, 15) is 5.26 Å². The fraction of sp³-hybridized carbons (Fsp3) is 0.500. The number of aryl methyl sites for hydroxylation is 2. The van der Waals surface area contributed by atoms with Gasteiger partial charge in [0.25, 0.3) is 0 Å². The standard InChI is InChI=1S/C22H31N7/c1-16-10-12-18(13-11-16)29-21(24)19(15-23)20(28-29)9-6-14-26-22(25)27-17-7-4-2-3-5-8-17/h10-13,17H,2-9,14,24H2,1H3,(H3,25,26,27). The van der Waals surface area contributed by atoms with E-state index in [1.165, 1.54) is 25.7 Å². The molecule has 0 aliphatic heterocycles. The van der Waals surface area contributed by atoms with Crippen LogP contribution in [0.3, 0.4) is 0 Å². The zero-order valence-electron chi connectivity index (χ0n) is 17.2. The number of anilines is 1. The maximum Gasteiger partial charge on any atom is 0.188 e. The molecule has 1 aliphatic rings. The number of hydrogen-bond donors (Lipinski definition) is 3. The largest absolute Gasteiger partial charge is 0.382 e. The highest BCUT2D eigenvalue weighted by Crippen LogP contribution is 2.22. The molecule has 3 rings (SSSR count). The Hall–Kier alpha value is -3.01. The van der Waals surface area contributed by atoms with Crippen LogP contribution in [0.1, 0.15) is 61.8 Å². The highest BCUT2D eigenvalue weighted by atomic mass is 15.3. The van der Waals surface area contributed by atoms with Crippen molar-refractivity contribution in [1.82, 2.24) is 15.1 Å². The van der Waals surface area contributed by atoms with Gasteiger partial charge in [-0.05, 0) is 44.7 Å². The number of benzene rings is 1. The summed E-state index contributed by atoms with van der Waals surface area (Å²) in [6.45, 7) is 2.62. The lowest BCUT2D eigenvalue weighted by Crippen LogP contribution is -2.39. The smallest absolute Gasteiger partial charge is 0.188 e. The van der Waals surface area contributed by atoms with Crippen molar-refractivity contribution in [3.8, 4) is 11.8 Å². The summed E-state index contributed by atoms with van der Waals surface area (Å²) in [5.41, 5.74) is 15.4. The molecule has 0 radical (unpaired) electrons. The molecule has 1 aromatic carbocycles. The van der Waals surface area contributed by atoms with Crippen LogP contribution in [-0.2, 0) is 6.42 Å². The lowest BCUT2D eigenvalue weighted by Gasteiger charge is -2.16. The monoisotopic (exact) mass is 393 g/mol. The van der Waals surface area contributed by atoms with Crippen molar-refractivity contribution in [2.75, 3.05) is 12.3 Å². The van der Waals surface area contributed by atoms with Crippen molar-refractivity contribution in [1.29, 1.82) is 5.26 Å². The van der Waals surface area contributed by atoms with Gasteiger partial charge in [0.1, 0.15) is 17.5 Å². The summed E-state index contributed by atoms with van der Waals surface area (Å²) in [5, 5.41) is 17.4. The Balaban J connectivity index is 1.58. The van der Waals surface area contributed by atoms with E-state index in [0.29, 0.717) is 42.0 Å². The van der Waals surface area contributed by atoms with Gasteiger partial charge in [-0.2, -0.15) is 10.4 Å². The Morgan fingerprint density at radius 1 is 1.24 bits per heavy atom. The molecule has 7 nitrogen and oxygen atoms in total. The van der Waals surface area contributed by atoms with Crippen molar-refractivity contribution in [3.63, 3.8) is 0 Å². The molecule has 7 heteroatoms. The molecule has 154 valence electrons. The first-order valence-corrected chi connectivity index (χ1v) is 10.5. The Labute approximate surface area is 172 Å². The second-order valence-electron chi connectivity index (χ2n) is 7.77. The maximum absolute atomic E-state index is 9.51. The Bertz CT molecular complexity index is 866. The van der Waals surface area contributed by atoms with Crippen molar-refractivity contribution < 1.29 is 0 Å². The number of nitrogens with two attached hydrogens (primary N) is 2. The van der Waals surface area contributed by atoms with E-state index in [0.717, 1.165) is 30.5 Å². The molecule has 5 N–H and O–H groups in total. The van der Waals surface area contributed by atoms with Gasteiger partial charge >= 0.3 is 0 Å². The minimum atomic E-state index is 0.379. The summed E-state index contributed by atoms with van der Waals surface area (Å²) in [6, 6.07) is 10.5. The third-order valence-corrected chi connectivity index (χ3v) is 5.44. The number of aliphatic imine (C=N–C) groups is 1. The van der Waals surface area contributed by atoms with E-state index in [2.05, 4.69) is 21.5 Å². The van der Waals surface area contributed by atoms with Crippen molar-refractivity contribution in [2.45, 2.75) is 64.3 Å². The second kappa shape index (κ2) is 9.97. The van der Waals surface area contributed by atoms with Crippen LogP contribution in [0.2, 0.25) is 0 Å². The quantitative estimate of drug-likeness (QED) is 0.301. The van der Waals surface area contributed by atoms with Crippen molar-refractivity contribution in [3.05, 3.63) is 41.1 Å². The zero-order chi connectivity index (χ0) is 20.6. The van der Waals surface area contributed by atoms with Gasteiger partial charge in [-0.25, -0.2) is 4.68 Å². The number of guanidine groups is 1. The van der Waals surface area contributed by atoms with Gasteiger partial charge in [0.05, 0.1) is 11.4 Å². The van der Waals surface area contributed by atoms with Crippen molar-refractivity contribution >= 4 is 11.8 Å². The normalized spacial score (nSPS) is 15.7. The summed E-state index contributed by atoms with van der Waals surface area (Å²) >= 11 is 0. The van der Waals surface area contributed by atoms with E-state index >= 15 is 0 Å². The summed E-state index contributed by atoms with van der Waals surface area (Å²) in [6.07, 6.45) is 8.86. The lowest BCUT2D eigenvalue weighted by molar-refractivity contribution is 0.530. The number of nitriles is 1. The van der Waals surface area contributed by atoms with E-state index in [4.69, 9.17) is 11.5 Å². The fourth-order valence-electron chi connectivity index (χ4n) is 3.78. The molecule has 29 heavy (non-hydrogen) atoms. The van der Waals surface area contributed by atoms with Crippen LogP contribution in [0.5, 0.6) is 0 Å². The molecule has 0 unspecified atom stereocenters. The first-order chi connectivity index (χ1) is 14.1. The third kappa shape index (κ3) is 5.50. The van der Waals surface area contributed by atoms with Gasteiger partial charge in [0.2, 0.25) is 0 Å². The van der Waals surface area contributed by atoms with Crippen LogP contribution < -0.4 is 16.8 Å². The number of nitrogen functional groups attached to an aromatic ring is 1. The molecular formula is C22H31N7. The van der Waals surface area contributed by atoms with Crippen LogP contribution in [0.4, 0.5) is 5.82 Å². The number of rotatable bonds is 6. The molecule has 1 fully saturated rings. The fourth-order valence-corrected chi connectivity index (χ4v) is 3.78. The minimum Gasteiger partial charge on any atom is -0.382 e. The summed E-state index contributed by atoms with van der Waals surface area (Å²) in [5.74, 6) is 0.895. The lowest BCUT2D eigenvalue weighted by atomic mass is 10.1. The average Bonchev–Trinajstić information content (AvgIpc) is 2.86. The first kappa shape index (κ1) is 20.7. The molecule has 0 amide bonds. The van der Waals surface area contributed by atoms with Gasteiger partial charge < -0.3 is 16.8 Å². The third-order valence-electron chi connectivity index (χ3n) is 5.44. The van der Waals surface area contributed by atoms with E-state index in [1.54, 1.807) is 4.68 Å². The average molecular weight is 394 g/mol. The summed E-state index contributed by atoms with van der Waals surface area (Å²) in [4.78, 5) is 4.45. The van der Waals surface area contributed by atoms with E-state index in [1.807, 2.05) is 31.2 Å². The molecule has 1 saturated carbocycles. The van der Waals surface area contributed by atoms with Gasteiger partial charge in [-0.1, -0.05) is 43.4 Å². The number of nitrogens with one attached hydrogen (secondary N) is 1. The predicted molar refractivity (Wildman–Crippen MR) is 117 cm³/mol. The molecule has 0 bridgehead atoms. The van der Waals surface area contributed by atoms with E-state index in [-0.39, 0.29) is 0 Å². The van der Waals surface area contributed by atoms with E-state index < -0.39 is 0 Å². The number of aromatic nitrogens is 2. The molecule has 2 aromatic rings. The second-order valence-corrected chi connectivity index (χ2v) is 7.77. The highest BCUT2D eigenvalue weighted by molar-refractivity contribution is 5.78. The highest BCUT2D eigenvalue weighted by Gasteiger charge is 2.16. The zero-order valence-corrected chi connectivity index (χ0v) is 17.2. The Morgan fingerprint density at radius 2 is 1.93 bits per heavy atom. The number of hydrogen-bond acceptors (Lipinski definition) is 4. The van der Waals surface area contributed by atoms with Gasteiger partial charge in [0, 0.05) is 12.6 Å². The van der Waals surface area contributed by atoms with Gasteiger partial charge in [-0.3, -0.25) is 4.99 Å². The SMILES string of the molecule is Cc1ccc(-n2nc(CCCN=C(N)NC3CCCCCC3)c(C#N)c2N)cc1. The molecular weight excluding hydrogens is 362 g/mol. The first-order valence-electron chi connectivity index (χ1n) is 10.5. The Morgan fingerprint density at radius 3 is 2.59 bits per heavy atom. The van der Waals surface area contributed by atoms with Crippen molar-refractivity contribution in [2.24, 2.45) is 10.7 Å². The summed E-state index contributed by atoms with van der Waals surface area (Å²) in [7, 11) is 0. The van der Waals surface area contributed by atoms with Gasteiger partial charge in [0.15, 0.2) is 5.96 Å². The topological polar surface area (TPSA) is 118 Å². The van der Waals surface area contributed by atoms with Crippen LogP contribution in [0.25, 0.3) is 5.69 Å². The number of nitrogens with zero attached hydrogens (tertiary/aromatic N) is 4. The van der Waals surface area contributed by atoms with Crippen LogP contribution in [0, 0.1) is 18.3 Å². The Kier molecular flexibility index (Phi) is 7.12. The molecule has 0 saturated heterocycles.